The number of benzene rings is 2. The predicted molar refractivity (Wildman–Crippen MR) is 111 cm³/mol. The quantitative estimate of drug-likeness (QED) is 0.442. The maximum Gasteiger partial charge on any atom is 0.416 e. The normalized spacial score (nSPS) is 11.4. The number of carbonyl (C=O) groups is 1. The highest BCUT2D eigenvalue weighted by atomic mass is 35.5. The van der Waals surface area contributed by atoms with Crippen LogP contribution in [0.5, 0.6) is 0 Å². The summed E-state index contributed by atoms with van der Waals surface area (Å²) in [6, 6.07) is 15.2. The molecule has 3 rings (SSSR count). The smallest absolute Gasteiger partial charge is 0.363 e. The predicted octanol–water partition coefficient (Wildman–Crippen LogP) is 6.42. The van der Waals surface area contributed by atoms with Gasteiger partial charge in [-0.3, -0.25) is 4.79 Å². The summed E-state index contributed by atoms with van der Waals surface area (Å²) in [6.07, 6.45) is -4.48. The molecule has 0 radical (unpaired) electrons. The van der Waals surface area contributed by atoms with E-state index in [0.717, 1.165) is 28.8 Å². The Morgan fingerprint density at radius 3 is 2.17 bits per heavy atom. The van der Waals surface area contributed by atoms with Gasteiger partial charge in [-0.1, -0.05) is 23.7 Å². The second kappa shape index (κ2) is 8.47. The Hall–Kier alpha value is -2.51. The second-order valence-corrected chi connectivity index (χ2v) is 7.89. The van der Waals surface area contributed by atoms with Gasteiger partial charge in [-0.25, -0.2) is 4.98 Å². The van der Waals surface area contributed by atoms with Gasteiger partial charge in [0.25, 0.3) is 0 Å². The molecule has 0 atom stereocenters. The highest BCUT2D eigenvalue weighted by Gasteiger charge is 2.32. The number of halogens is 4. The molecule has 3 nitrogen and oxygen atoms in total. The molecule has 0 unspecified atom stereocenters. The van der Waals surface area contributed by atoms with Gasteiger partial charge in [0.1, 0.15) is 5.82 Å². The minimum Gasteiger partial charge on any atom is -0.363 e. The molecule has 0 N–H and O–H groups in total. The fourth-order valence-electron chi connectivity index (χ4n) is 2.50. The molecule has 0 aliphatic rings. The van der Waals surface area contributed by atoms with E-state index < -0.39 is 11.7 Å². The molecule has 0 saturated carbocycles. The molecule has 150 valence electrons. The molecular formula is C21H16ClF3N2OS. The average molecular weight is 437 g/mol. The van der Waals surface area contributed by atoms with Crippen molar-refractivity contribution < 1.29 is 18.0 Å². The van der Waals surface area contributed by atoms with E-state index in [-0.39, 0.29) is 16.6 Å². The Kier molecular flexibility index (Phi) is 6.19. The number of pyridine rings is 1. The fraction of sp³-hybridized carbons (Fsp3) is 0.143. The first-order valence-corrected chi connectivity index (χ1v) is 9.68. The lowest BCUT2D eigenvalue weighted by Gasteiger charge is -2.16. The summed E-state index contributed by atoms with van der Waals surface area (Å²) < 4.78 is 39.7. The van der Waals surface area contributed by atoms with Crippen LogP contribution in [0.3, 0.4) is 0 Å². The molecule has 1 heterocycles. The van der Waals surface area contributed by atoms with E-state index in [4.69, 9.17) is 11.6 Å². The largest absolute Gasteiger partial charge is 0.416 e. The molecule has 0 bridgehead atoms. The molecule has 0 amide bonds. The minimum absolute atomic E-state index is 0.176. The van der Waals surface area contributed by atoms with Gasteiger partial charge in [-0.05, 0) is 60.3 Å². The third kappa shape index (κ3) is 5.31. The van der Waals surface area contributed by atoms with Crippen LogP contribution in [-0.4, -0.2) is 24.2 Å². The summed E-state index contributed by atoms with van der Waals surface area (Å²) >= 11 is 6.89. The van der Waals surface area contributed by atoms with Crippen LogP contribution in [0, 0.1) is 0 Å². The van der Waals surface area contributed by atoms with Gasteiger partial charge in [-0.15, -0.1) is 0 Å². The number of rotatable bonds is 4. The number of alkyl halides is 3. The summed E-state index contributed by atoms with van der Waals surface area (Å²) in [5.41, 5.74) is 0.346. The number of anilines is 1. The molecule has 2 aromatic carbocycles. The lowest BCUT2D eigenvalue weighted by Crippen LogP contribution is -2.14. The van der Waals surface area contributed by atoms with Crippen molar-refractivity contribution in [2.75, 3.05) is 19.0 Å². The van der Waals surface area contributed by atoms with Crippen molar-refractivity contribution in [3.8, 4) is 11.3 Å². The standard InChI is InChI=1S/C21H16ClF3N2OS/c1-27(2)19-12-15(21(23,24)25)11-18(26-19)13-3-5-14(6-4-13)20(28)29-17-9-7-16(22)8-10-17/h3-12H,1-2H3. The maximum atomic E-state index is 13.2. The van der Waals surface area contributed by atoms with Crippen LogP contribution < -0.4 is 4.90 Å². The summed E-state index contributed by atoms with van der Waals surface area (Å²) in [7, 11) is 3.25. The number of carbonyl (C=O) groups excluding carboxylic acids is 1. The van der Waals surface area contributed by atoms with Crippen molar-refractivity contribution >= 4 is 34.3 Å². The Balaban J connectivity index is 1.87. The van der Waals surface area contributed by atoms with E-state index in [0.29, 0.717) is 16.1 Å². The van der Waals surface area contributed by atoms with E-state index in [1.54, 1.807) is 62.6 Å². The van der Waals surface area contributed by atoms with Crippen LogP contribution in [0.4, 0.5) is 19.0 Å². The topological polar surface area (TPSA) is 33.2 Å². The first-order valence-electron chi connectivity index (χ1n) is 8.48. The number of thioether (sulfide) groups is 1. The van der Waals surface area contributed by atoms with Gasteiger partial charge >= 0.3 is 6.18 Å². The molecule has 3 aromatic rings. The maximum absolute atomic E-state index is 13.2. The minimum atomic E-state index is -4.48. The van der Waals surface area contributed by atoms with Crippen molar-refractivity contribution in [3.05, 3.63) is 76.8 Å². The zero-order valence-electron chi connectivity index (χ0n) is 15.5. The third-order valence-electron chi connectivity index (χ3n) is 4.04. The second-order valence-electron chi connectivity index (χ2n) is 6.41. The van der Waals surface area contributed by atoms with E-state index in [1.165, 1.54) is 4.90 Å². The van der Waals surface area contributed by atoms with Crippen molar-refractivity contribution in [2.24, 2.45) is 0 Å². The summed E-state index contributed by atoms with van der Waals surface area (Å²) in [4.78, 5) is 19.0. The van der Waals surface area contributed by atoms with Gasteiger partial charge in [0, 0.05) is 35.1 Å². The third-order valence-corrected chi connectivity index (χ3v) is 5.22. The van der Waals surface area contributed by atoms with Gasteiger partial charge in [0.2, 0.25) is 5.12 Å². The SMILES string of the molecule is CN(C)c1cc(C(F)(F)F)cc(-c2ccc(C(=O)Sc3ccc(Cl)cc3)cc2)n1. The van der Waals surface area contributed by atoms with E-state index >= 15 is 0 Å². The molecule has 0 fully saturated rings. The van der Waals surface area contributed by atoms with Crippen LogP contribution in [0.2, 0.25) is 5.02 Å². The van der Waals surface area contributed by atoms with E-state index in [9.17, 15) is 18.0 Å². The van der Waals surface area contributed by atoms with Gasteiger partial charge in [-0.2, -0.15) is 13.2 Å². The fourth-order valence-corrected chi connectivity index (χ4v) is 3.37. The highest BCUT2D eigenvalue weighted by molar-refractivity contribution is 8.14. The van der Waals surface area contributed by atoms with Crippen molar-refractivity contribution in [3.63, 3.8) is 0 Å². The van der Waals surface area contributed by atoms with Crippen LogP contribution in [0.25, 0.3) is 11.3 Å². The Labute approximate surface area is 175 Å². The van der Waals surface area contributed by atoms with Crippen LogP contribution in [0.15, 0.2) is 65.6 Å². The molecule has 0 aliphatic carbocycles. The number of aromatic nitrogens is 1. The number of nitrogens with zero attached hydrogens (tertiary/aromatic N) is 2. The van der Waals surface area contributed by atoms with Crippen LogP contribution >= 0.6 is 23.4 Å². The zero-order valence-corrected chi connectivity index (χ0v) is 17.1. The van der Waals surface area contributed by atoms with Crippen molar-refractivity contribution in [2.45, 2.75) is 11.1 Å². The van der Waals surface area contributed by atoms with Crippen molar-refractivity contribution in [1.82, 2.24) is 4.98 Å². The lowest BCUT2D eigenvalue weighted by molar-refractivity contribution is -0.137. The lowest BCUT2D eigenvalue weighted by atomic mass is 10.1. The first-order chi connectivity index (χ1) is 13.6. The van der Waals surface area contributed by atoms with Crippen LogP contribution in [0.1, 0.15) is 15.9 Å². The Morgan fingerprint density at radius 2 is 1.62 bits per heavy atom. The summed E-state index contributed by atoms with van der Waals surface area (Å²) in [6.45, 7) is 0. The molecule has 1 aromatic heterocycles. The summed E-state index contributed by atoms with van der Waals surface area (Å²) in [5, 5.41) is 0.404. The Bertz CT molecular complexity index is 1020. The molecule has 0 saturated heterocycles. The zero-order chi connectivity index (χ0) is 21.2. The number of hydrogen-bond donors (Lipinski definition) is 0. The summed E-state index contributed by atoms with van der Waals surface area (Å²) in [5.74, 6) is 0.202. The molecule has 0 aliphatic heterocycles. The van der Waals surface area contributed by atoms with Crippen LogP contribution in [-0.2, 0) is 6.18 Å². The monoisotopic (exact) mass is 436 g/mol. The highest BCUT2D eigenvalue weighted by Crippen LogP contribution is 2.34. The van der Waals surface area contributed by atoms with Gasteiger partial charge in [0.05, 0.1) is 11.3 Å². The van der Waals surface area contributed by atoms with Gasteiger partial charge < -0.3 is 4.90 Å². The molecule has 8 heteroatoms. The van der Waals surface area contributed by atoms with E-state index in [1.807, 2.05) is 0 Å². The molecule has 0 spiro atoms. The molecular weight excluding hydrogens is 421 g/mol. The van der Waals surface area contributed by atoms with Crippen molar-refractivity contribution in [1.29, 1.82) is 0 Å². The average Bonchev–Trinajstić information content (AvgIpc) is 2.68. The molecule has 29 heavy (non-hydrogen) atoms. The van der Waals surface area contributed by atoms with E-state index in [2.05, 4.69) is 4.98 Å². The van der Waals surface area contributed by atoms with Gasteiger partial charge in [0.15, 0.2) is 0 Å². The first kappa shape index (κ1) is 21.2. The number of hydrogen-bond acceptors (Lipinski definition) is 4. The Morgan fingerprint density at radius 1 is 1.00 bits per heavy atom.